The van der Waals surface area contributed by atoms with Gasteiger partial charge in [0.05, 0.1) is 22.7 Å². The molecule has 7 heteroatoms. The summed E-state index contributed by atoms with van der Waals surface area (Å²) in [7, 11) is 1.89. The lowest BCUT2D eigenvalue weighted by atomic mass is 10.1. The van der Waals surface area contributed by atoms with Gasteiger partial charge in [0.2, 0.25) is 0 Å². The van der Waals surface area contributed by atoms with Crippen LogP contribution in [0.25, 0.3) is 11.0 Å². The Bertz CT molecular complexity index is 955. The third-order valence-electron chi connectivity index (χ3n) is 5.36. The number of amides is 1. The van der Waals surface area contributed by atoms with Crippen LogP contribution in [0.3, 0.4) is 0 Å². The standard InChI is InChI=1S/C20H26N6O/c1-4-15(26-11-5-9-22-26)8-10-21-20(27)16-12-17(14-6-7-14)23-19-18(16)13(2)24-25(19)3/h5,9,11-12,14-15H,4,6-8,10H2,1-3H3,(H,21,27). The number of pyridine rings is 1. The molecule has 1 unspecified atom stereocenters. The molecule has 142 valence electrons. The summed E-state index contributed by atoms with van der Waals surface area (Å²) in [5.41, 5.74) is 3.35. The first-order valence-electron chi connectivity index (χ1n) is 9.70. The van der Waals surface area contributed by atoms with Crippen LogP contribution in [0, 0.1) is 6.92 Å². The number of carbonyl (C=O) groups is 1. The van der Waals surface area contributed by atoms with Crippen molar-refractivity contribution in [3.8, 4) is 0 Å². The average Bonchev–Trinajstić information content (AvgIpc) is 3.30. The second-order valence-electron chi connectivity index (χ2n) is 7.37. The Hall–Kier alpha value is -2.70. The highest BCUT2D eigenvalue weighted by Gasteiger charge is 2.28. The summed E-state index contributed by atoms with van der Waals surface area (Å²) in [6.07, 6.45) is 7.89. The van der Waals surface area contributed by atoms with Gasteiger partial charge in [0.15, 0.2) is 5.65 Å². The summed E-state index contributed by atoms with van der Waals surface area (Å²) in [4.78, 5) is 17.7. The fourth-order valence-electron chi connectivity index (χ4n) is 3.70. The van der Waals surface area contributed by atoms with E-state index in [1.165, 1.54) is 0 Å². The van der Waals surface area contributed by atoms with E-state index in [1.807, 2.05) is 37.0 Å². The van der Waals surface area contributed by atoms with Crippen molar-refractivity contribution >= 4 is 16.9 Å². The number of nitrogens with one attached hydrogen (secondary N) is 1. The van der Waals surface area contributed by atoms with Gasteiger partial charge in [0, 0.05) is 37.6 Å². The molecule has 1 aliphatic rings. The van der Waals surface area contributed by atoms with E-state index in [4.69, 9.17) is 4.98 Å². The van der Waals surface area contributed by atoms with Gasteiger partial charge in [0.1, 0.15) is 0 Å². The molecular weight excluding hydrogens is 340 g/mol. The minimum atomic E-state index is -0.0456. The van der Waals surface area contributed by atoms with Crippen LogP contribution in [0.1, 0.15) is 66.3 Å². The Morgan fingerprint density at radius 2 is 2.22 bits per heavy atom. The monoisotopic (exact) mass is 366 g/mol. The molecule has 7 nitrogen and oxygen atoms in total. The summed E-state index contributed by atoms with van der Waals surface area (Å²) in [5.74, 6) is 0.441. The van der Waals surface area contributed by atoms with Crippen molar-refractivity contribution in [2.45, 2.75) is 51.5 Å². The van der Waals surface area contributed by atoms with E-state index in [1.54, 1.807) is 10.9 Å². The highest BCUT2D eigenvalue weighted by atomic mass is 16.1. The number of aromatic nitrogens is 5. The molecule has 1 amide bonds. The third kappa shape index (κ3) is 3.46. The van der Waals surface area contributed by atoms with Crippen molar-refractivity contribution in [2.24, 2.45) is 7.05 Å². The Morgan fingerprint density at radius 3 is 2.89 bits per heavy atom. The molecule has 3 aromatic rings. The van der Waals surface area contributed by atoms with Crippen molar-refractivity contribution in [3.63, 3.8) is 0 Å². The molecule has 0 bridgehead atoms. The van der Waals surface area contributed by atoms with Crippen molar-refractivity contribution in [1.82, 2.24) is 29.9 Å². The molecule has 1 fully saturated rings. The number of carbonyl (C=O) groups excluding carboxylic acids is 1. The number of aryl methyl sites for hydroxylation is 2. The molecule has 1 atom stereocenters. The highest BCUT2D eigenvalue weighted by molar-refractivity contribution is 6.06. The zero-order valence-corrected chi connectivity index (χ0v) is 16.1. The third-order valence-corrected chi connectivity index (χ3v) is 5.36. The predicted molar refractivity (Wildman–Crippen MR) is 104 cm³/mol. The molecule has 4 rings (SSSR count). The molecule has 3 heterocycles. The quantitative estimate of drug-likeness (QED) is 0.697. The summed E-state index contributed by atoms with van der Waals surface area (Å²) < 4.78 is 3.74. The maximum atomic E-state index is 13.0. The van der Waals surface area contributed by atoms with Crippen molar-refractivity contribution in [1.29, 1.82) is 0 Å². The van der Waals surface area contributed by atoms with E-state index in [0.717, 1.165) is 48.1 Å². The Balaban J connectivity index is 1.53. The van der Waals surface area contributed by atoms with Crippen molar-refractivity contribution in [3.05, 3.63) is 41.5 Å². The number of hydrogen-bond donors (Lipinski definition) is 1. The first-order chi connectivity index (χ1) is 13.1. The van der Waals surface area contributed by atoms with Crippen LogP contribution in [0.15, 0.2) is 24.5 Å². The molecule has 0 radical (unpaired) electrons. The number of fused-ring (bicyclic) bond motifs is 1. The lowest BCUT2D eigenvalue weighted by molar-refractivity contribution is 0.0952. The molecule has 0 saturated heterocycles. The lowest BCUT2D eigenvalue weighted by Crippen LogP contribution is -2.27. The van der Waals surface area contributed by atoms with E-state index in [-0.39, 0.29) is 5.91 Å². The van der Waals surface area contributed by atoms with Gasteiger partial charge in [-0.3, -0.25) is 14.2 Å². The van der Waals surface area contributed by atoms with Gasteiger partial charge in [0.25, 0.3) is 5.91 Å². The summed E-state index contributed by atoms with van der Waals surface area (Å²) in [6.45, 7) is 4.68. The van der Waals surface area contributed by atoms with Gasteiger partial charge < -0.3 is 5.32 Å². The molecule has 1 N–H and O–H groups in total. The smallest absolute Gasteiger partial charge is 0.252 e. The topological polar surface area (TPSA) is 77.6 Å². The zero-order valence-electron chi connectivity index (χ0n) is 16.1. The first kappa shape index (κ1) is 17.7. The Morgan fingerprint density at radius 1 is 1.41 bits per heavy atom. The van der Waals surface area contributed by atoms with E-state index < -0.39 is 0 Å². The second-order valence-corrected chi connectivity index (χ2v) is 7.37. The highest BCUT2D eigenvalue weighted by Crippen LogP contribution is 2.40. The zero-order chi connectivity index (χ0) is 19.0. The van der Waals surface area contributed by atoms with E-state index in [2.05, 4.69) is 22.4 Å². The number of nitrogens with zero attached hydrogens (tertiary/aromatic N) is 5. The van der Waals surface area contributed by atoms with Crippen LogP contribution >= 0.6 is 0 Å². The molecular formula is C20H26N6O. The Labute approximate surface area is 158 Å². The molecule has 0 aliphatic heterocycles. The van der Waals surface area contributed by atoms with E-state index in [0.29, 0.717) is 24.1 Å². The minimum Gasteiger partial charge on any atom is -0.352 e. The molecule has 27 heavy (non-hydrogen) atoms. The average molecular weight is 366 g/mol. The second kappa shape index (κ2) is 7.13. The molecule has 3 aromatic heterocycles. The maximum absolute atomic E-state index is 13.0. The van der Waals surface area contributed by atoms with Crippen LogP contribution in [0.2, 0.25) is 0 Å². The van der Waals surface area contributed by atoms with Gasteiger partial charge in [-0.2, -0.15) is 10.2 Å². The van der Waals surface area contributed by atoms with Gasteiger partial charge in [-0.15, -0.1) is 0 Å². The van der Waals surface area contributed by atoms with Crippen molar-refractivity contribution in [2.75, 3.05) is 6.54 Å². The summed E-state index contributed by atoms with van der Waals surface area (Å²) >= 11 is 0. The first-order valence-corrected chi connectivity index (χ1v) is 9.70. The summed E-state index contributed by atoms with van der Waals surface area (Å²) in [6, 6.07) is 4.19. The molecule has 1 aliphatic carbocycles. The van der Waals surface area contributed by atoms with E-state index in [9.17, 15) is 4.79 Å². The molecule has 0 aromatic carbocycles. The summed E-state index contributed by atoms with van der Waals surface area (Å²) in [5, 5.41) is 12.7. The fourth-order valence-corrected chi connectivity index (χ4v) is 3.70. The molecule has 1 saturated carbocycles. The van der Waals surface area contributed by atoms with Crippen LogP contribution < -0.4 is 5.32 Å². The van der Waals surface area contributed by atoms with Gasteiger partial charge in [-0.25, -0.2) is 4.98 Å². The largest absolute Gasteiger partial charge is 0.352 e. The van der Waals surface area contributed by atoms with Crippen molar-refractivity contribution < 1.29 is 4.79 Å². The molecule has 0 spiro atoms. The van der Waals surface area contributed by atoms with Crippen LogP contribution in [0.5, 0.6) is 0 Å². The van der Waals surface area contributed by atoms with Gasteiger partial charge in [-0.1, -0.05) is 6.92 Å². The number of rotatable bonds is 7. The van der Waals surface area contributed by atoms with Crippen LogP contribution in [-0.2, 0) is 7.05 Å². The van der Waals surface area contributed by atoms with E-state index >= 15 is 0 Å². The Kier molecular flexibility index (Phi) is 4.68. The lowest BCUT2D eigenvalue weighted by Gasteiger charge is -2.16. The predicted octanol–water partition coefficient (Wildman–Crippen LogP) is 3.12. The van der Waals surface area contributed by atoms with Gasteiger partial charge >= 0.3 is 0 Å². The van der Waals surface area contributed by atoms with Crippen LogP contribution in [-0.4, -0.2) is 37.0 Å². The fraction of sp³-hybridized carbons (Fsp3) is 0.500. The SMILES string of the molecule is CCC(CCNC(=O)c1cc(C2CC2)nc2c1c(C)nn2C)n1cccn1. The number of hydrogen-bond acceptors (Lipinski definition) is 4. The van der Waals surface area contributed by atoms with Crippen LogP contribution in [0.4, 0.5) is 0 Å². The van der Waals surface area contributed by atoms with Gasteiger partial charge in [-0.05, 0) is 44.7 Å². The maximum Gasteiger partial charge on any atom is 0.252 e. The normalized spacial score (nSPS) is 15.2. The minimum absolute atomic E-state index is 0.0456.